The van der Waals surface area contributed by atoms with Gasteiger partial charge in [-0.2, -0.15) is 0 Å². The van der Waals surface area contributed by atoms with Crippen molar-refractivity contribution in [2.75, 3.05) is 5.73 Å². The Morgan fingerprint density at radius 3 is 2.37 bits per heavy atom. The van der Waals surface area contributed by atoms with Crippen molar-refractivity contribution in [1.29, 1.82) is 0 Å². The third-order valence-corrected chi connectivity index (χ3v) is 4.09. The van der Waals surface area contributed by atoms with Gasteiger partial charge < -0.3 is 5.73 Å². The van der Waals surface area contributed by atoms with Gasteiger partial charge in [-0.1, -0.05) is 23.7 Å². The first-order valence-electron chi connectivity index (χ1n) is 5.59. The average molecular weight is 300 g/mol. The van der Waals surface area contributed by atoms with Crippen LogP contribution in [0.4, 0.5) is 14.5 Å². The summed E-state index contributed by atoms with van der Waals surface area (Å²) in [5.74, 6) is -0.895. The molecule has 2 aromatic carbocycles. The molecule has 0 spiro atoms. The molecule has 2 N–H and O–H groups in total. The Morgan fingerprint density at radius 1 is 1.16 bits per heavy atom. The molecule has 1 nitrogen and oxygen atoms in total. The minimum atomic E-state index is -0.647. The van der Waals surface area contributed by atoms with Crippen LogP contribution in [0.3, 0.4) is 0 Å². The highest BCUT2D eigenvalue weighted by atomic mass is 35.5. The van der Waals surface area contributed by atoms with Crippen molar-refractivity contribution in [3.63, 3.8) is 0 Å². The van der Waals surface area contributed by atoms with Crippen LogP contribution in [0.25, 0.3) is 0 Å². The van der Waals surface area contributed by atoms with Crippen LogP contribution < -0.4 is 5.73 Å². The molecular weight excluding hydrogens is 288 g/mol. The van der Waals surface area contributed by atoms with Gasteiger partial charge in [-0.15, -0.1) is 11.8 Å². The summed E-state index contributed by atoms with van der Waals surface area (Å²) < 4.78 is 27.2. The van der Waals surface area contributed by atoms with Crippen LogP contribution in [0.5, 0.6) is 0 Å². The maximum absolute atomic E-state index is 13.6. The first kappa shape index (κ1) is 14.2. The zero-order chi connectivity index (χ0) is 14.0. The van der Waals surface area contributed by atoms with Gasteiger partial charge in [0, 0.05) is 16.5 Å². The highest BCUT2D eigenvalue weighted by molar-refractivity contribution is 7.98. The van der Waals surface area contributed by atoms with Gasteiger partial charge in [0.15, 0.2) is 0 Å². The summed E-state index contributed by atoms with van der Waals surface area (Å²) in [4.78, 5) is -0.0363. The van der Waals surface area contributed by atoms with Crippen molar-refractivity contribution in [3.8, 4) is 0 Å². The lowest BCUT2D eigenvalue weighted by Crippen LogP contribution is -1.94. The van der Waals surface area contributed by atoms with Gasteiger partial charge in [-0.3, -0.25) is 0 Å². The maximum atomic E-state index is 13.6. The number of hydrogen-bond acceptors (Lipinski definition) is 2. The van der Waals surface area contributed by atoms with Gasteiger partial charge in [-0.05, 0) is 36.2 Å². The quantitative estimate of drug-likeness (QED) is 0.650. The van der Waals surface area contributed by atoms with Crippen LogP contribution >= 0.6 is 23.4 Å². The van der Waals surface area contributed by atoms with Crippen LogP contribution in [-0.4, -0.2) is 0 Å². The predicted molar refractivity (Wildman–Crippen MR) is 76.5 cm³/mol. The molecule has 2 rings (SSSR count). The van der Waals surface area contributed by atoms with E-state index in [1.54, 1.807) is 0 Å². The Balaban J connectivity index is 2.19. The van der Waals surface area contributed by atoms with Crippen molar-refractivity contribution < 1.29 is 8.78 Å². The summed E-state index contributed by atoms with van der Waals surface area (Å²) in [6.45, 7) is 1.93. The molecule has 0 aliphatic carbocycles. The number of anilines is 1. The van der Waals surface area contributed by atoms with E-state index in [4.69, 9.17) is 17.3 Å². The van der Waals surface area contributed by atoms with E-state index >= 15 is 0 Å². The third kappa shape index (κ3) is 3.39. The number of benzene rings is 2. The lowest BCUT2D eigenvalue weighted by atomic mass is 10.2. The SMILES string of the molecule is Cc1ccc(CSc2c(F)cc(N)cc2F)c(Cl)c1. The minimum Gasteiger partial charge on any atom is -0.399 e. The lowest BCUT2D eigenvalue weighted by molar-refractivity contribution is 0.542. The fourth-order valence-corrected chi connectivity index (χ4v) is 2.96. The molecule has 19 heavy (non-hydrogen) atoms. The smallest absolute Gasteiger partial charge is 0.141 e. The number of nitrogen functional groups attached to an aromatic ring is 1. The number of thioether (sulfide) groups is 1. The topological polar surface area (TPSA) is 26.0 Å². The van der Waals surface area contributed by atoms with Gasteiger partial charge in [-0.25, -0.2) is 8.78 Å². The highest BCUT2D eigenvalue weighted by Gasteiger charge is 2.12. The molecule has 0 radical (unpaired) electrons. The van der Waals surface area contributed by atoms with E-state index < -0.39 is 11.6 Å². The van der Waals surface area contributed by atoms with Crippen molar-refractivity contribution in [1.82, 2.24) is 0 Å². The monoisotopic (exact) mass is 299 g/mol. The summed E-state index contributed by atoms with van der Waals surface area (Å²) in [5.41, 5.74) is 7.33. The minimum absolute atomic E-state index is 0.0363. The zero-order valence-corrected chi connectivity index (χ0v) is 11.8. The molecule has 5 heteroatoms. The van der Waals surface area contributed by atoms with Gasteiger partial charge in [0.2, 0.25) is 0 Å². The summed E-state index contributed by atoms with van der Waals surface area (Å²) in [5, 5.41) is 0.601. The molecule has 0 heterocycles. The molecule has 0 aromatic heterocycles. The van der Waals surface area contributed by atoms with Gasteiger partial charge in [0.1, 0.15) is 11.6 Å². The maximum Gasteiger partial charge on any atom is 0.141 e. The Labute approximate surface area is 119 Å². The van der Waals surface area contributed by atoms with E-state index in [0.717, 1.165) is 35.0 Å². The molecule has 100 valence electrons. The van der Waals surface area contributed by atoms with E-state index in [1.807, 2.05) is 25.1 Å². The van der Waals surface area contributed by atoms with Gasteiger partial charge in [0.05, 0.1) is 4.90 Å². The summed E-state index contributed by atoms with van der Waals surface area (Å²) in [7, 11) is 0. The Hall–Kier alpha value is -1.26. The fourth-order valence-electron chi connectivity index (χ4n) is 1.64. The van der Waals surface area contributed by atoms with E-state index in [2.05, 4.69) is 0 Å². The van der Waals surface area contributed by atoms with E-state index in [1.165, 1.54) is 0 Å². The first-order valence-corrected chi connectivity index (χ1v) is 6.96. The number of aryl methyl sites for hydroxylation is 1. The van der Waals surface area contributed by atoms with Crippen molar-refractivity contribution in [3.05, 3.63) is 58.1 Å². The molecule has 0 aliphatic heterocycles. The van der Waals surface area contributed by atoms with Crippen LogP contribution in [0, 0.1) is 18.6 Å². The van der Waals surface area contributed by atoms with Crippen LogP contribution in [-0.2, 0) is 5.75 Å². The average Bonchev–Trinajstić information content (AvgIpc) is 2.30. The molecule has 0 bridgehead atoms. The van der Waals surface area contributed by atoms with Crippen LogP contribution in [0.2, 0.25) is 5.02 Å². The number of hydrogen-bond donors (Lipinski definition) is 1. The molecule has 0 amide bonds. The van der Waals surface area contributed by atoms with Crippen molar-refractivity contribution in [2.24, 2.45) is 0 Å². The lowest BCUT2D eigenvalue weighted by Gasteiger charge is -2.08. The second kappa shape index (κ2) is 5.80. The van der Waals surface area contributed by atoms with E-state index in [0.29, 0.717) is 10.8 Å². The fraction of sp³-hybridized carbons (Fsp3) is 0.143. The standard InChI is InChI=1S/C14H12ClF2NS/c1-8-2-3-9(11(15)4-8)7-19-14-12(16)5-10(18)6-13(14)17/h2-6H,7,18H2,1H3. The Kier molecular flexibility index (Phi) is 4.32. The Morgan fingerprint density at radius 2 is 1.79 bits per heavy atom. The molecule has 0 aliphatic rings. The molecule has 0 fully saturated rings. The van der Waals surface area contributed by atoms with Crippen molar-refractivity contribution >= 4 is 29.1 Å². The molecule has 2 aromatic rings. The molecule has 0 saturated heterocycles. The second-order valence-electron chi connectivity index (χ2n) is 4.20. The van der Waals surface area contributed by atoms with Gasteiger partial charge >= 0.3 is 0 Å². The van der Waals surface area contributed by atoms with E-state index in [-0.39, 0.29) is 10.6 Å². The number of halogens is 3. The molecular formula is C14H12ClF2NS. The summed E-state index contributed by atoms with van der Waals surface area (Å²) >= 11 is 7.15. The number of rotatable bonds is 3. The van der Waals surface area contributed by atoms with Crippen molar-refractivity contribution in [2.45, 2.75) is 17.6 Å². The summed E-state index contributed by atoms with van der Waals surface area (Å²) in [6.07, 6.45) is 0. The Bertz CT molecular complexity index is 593. The number of nitrogens with two attached hydrogens (primary N) is 1. The van der Waals surface area contributed by atoms with Crippen LogP contribution in [0.1, 0.15) is 11.1 Å². The molecule has 0 saturated carbocycles. The predicted octanol–water partition coefficient (Wildman–Crippen LogP) is 4.80. The molecule has 0 atom stereocenters. The van der Waals surface area contributed by atoms with Crippen LogP contribution in [0.15, 0.2) is 35.2 Å². The highest BCUT2D eigenvalue weighted by Crippen LogP contribution is 2.32. The molecule has 0 unspecified atom stereocenters. The zero-order valence-electron chi connectivity index (χ0n) is 10.2. The summed E-state index contributed by atoms with van der Waals surface area (Å²) in [6, 6.07) is 7.83. The normalized spacial score (nSPS) is 10.7. The second-order valence-corrected chi connectivity index (χ2v) is 5.59. The first-order chi connectivity index (χ1) is 8.97. The third-order valence-electron chi connectivity index (χ3n) is 2.60. The van der Waals surface area contributed by atoms with Gasteiger partial charge in [0.25, 0.3) is 0 Å². The largest absolute Gasteiger partial charge is 0.399 e. The van der Waals surface area contributed by atoms with E-state index in [9.17, 15) is 8.78 Å².